The summed E-state index contributed by atoms with van der Waals surface area (Å²) in [5.74, 6) is -0.260. The summed E-state index contributed by atoms with van der Waals surface area (Å²) < 4.78 is 0. The number of ketones is 1. The number of carbonyl (C=O) groups excluding carboxylic acids is 2. The lowest BCUT2D eigenvalue weighted by Crippen LogP contribution is -2.22. The standard InChI is InChI=1S/C8H14N2O2/c1-6(11)8(10(3)4)5-9-7(2)12/h5H,1-4H3,(H,9,12)/b8-5+. The Kier molecular flexibility index (Phi) is 4.04. The fraction of sp³-hybridized carbons (Fsp3) is 0.500. The SMILES string of the molecule is CC(=O)N/C=C(\C(C)=O)N(C)C. The second-order valence-corrected chi connectivity index (χ2v) is 2.68. The minimum absolute atomic E-state index is 0.0752. The fourth-order valence-corrected chi connectivity index (χ4v) is 0.716. The van der Waals surface area contributed by atoms with Crippen molar-refractivity contribution in [3.63, 3.8) is 0 Å². The van der Waals surface area contributed by atoms with Crippen LogP contribution in [-0.4, -0.2) is 30.7 Å². The van der Waals surface area contributed by atoms with Gasteiger partial charge < -0.3 is 10.2 Å². The molecule has 0 aromatic rings. The monoisotopic (exact) mass is 170 g/mol. The molecule has 0 fully saturated rings. The number of Topliss-reactive ketones (excluding diaryl/α,β-unsaturated/α-hetero) is 1. The van der Waals surface area contributed by atoms with E-state index in [1.54, 1.807) is 19.0 Å². The van der Waals surface area contributed by atoms with Crippen LogP contribution >= 0.6 is 0 Å². The molecule has 0 unspecified atom stereocenters. The van der Waals surface area contributed by atoms with Gasteiger partial charge in [0.05, 0.1) is 5.70 Å². The summed E-state index contributed by atoms with van der Waals surface area (Å²) in [6.07, 6.45) is 1.41. The molecule has 0 heterocycles. The molecule has 0 saturated heterocycles. The summed E-state index contributed by atoms with van der Waals surface area (Å²) >= 11 is 0. The lowest BCUT2D eigenvalue weighted by Gasteiger charge is -2.13. The summed E-state index contributed by atoms with van der Waals surface area (Å²) in [5.41, 5.74) is 0.477. The molecule has 4 heteroatoms. The van der Waals surface area contributed by atoms with Crippen LogP contribution in [0.5, 0.6) is 0 Å². The molecule has 0 saturated carbocycles. The molecule has 1 amide bonds. The number of rotatable bonds is 3. The largest absolute Gasteiger partial charge is 0.374 e. The molecule has 0 bridgehead atoms. The van der Waals surface area contributed by atoms with E-state index >= 15 is 0 Å². The van der Waals surface area contributed by atoms with Crippen LogP contribution in [0.25, 0.3) is 0 Å². The summed E-state index contributed by atoms with van der Waals surface area (Å²) in [4.78, 5) is 23.1. The van der Waals surface area contributed by atoms with E-state index in [9.17, 15) is 9.59 Å². The van der Waals surface area contributed by atoms with Gasteiger partial charge in [-0.2, -0.15) is 0 Å². The fourth-order valence-electron chi connectivity index (χ4n) is 0.716. The lowest BCUT2D eigenvalue weighted by atomic mass is 10.3. The van der Waals surface area contributed by atoms with Crippen molar-refractivity contribution in [1.29, 1.82) is 0 Å². The molecular weight excluding hydrogens is 156 g/mol. The lowest BCUT2D eigenvalue weighted by molar-refractivity contribution is -0.118. The highest BCUT2D eigenvalue weighted by molar-refractivity contribution is 5.93. The number of nitrogens with zero attached hydrogens (tertiary/aromatic N) is 1. The van der Waals surface area contributed by atoms with Crippen molar-refractivity contribution in [2.24, 2.45) is 0 Å². The molecule has 4 nitrogen and oxygen atoms in total. The van der Waals surface area contributed by atoms with E-state index in [-0.39, 0.29) is 11.7 Å². The van der Waals surface area contributed by atoms with Gasteiger partial charge in [0.1, 0.15) is 0 Å². The highest BCUT2D eigenvalue weighted by Crippen LogP contribution is 1.97. The number of nitrogens with one attached hydrogen (secondary N) is 1. The maximum atomic E-state index is 10.9. The van der Waals surface area contributed by atoms with Gasteiger partial charge in [0, 0.05) is 34.1 Å². The Morgan fingerprint density at radius 2 is 1.75 bits per heavy atom. The van der Waals surface area contributed by atoms with E-state index in [4.69, 9.17) is 0 Å². The first-order valence-corrected chi connectivity index (χ1v) is 3.60. The van der Waals surface area contributed by atoms with Gasteiger partial charge in [-0.15, -0.1) is 0 Å². The second-order valence-electron chi connectivity index (χ2n) is 2.68. The van der Waals surface area contributed by atoms with Crippen molar-refractivity contribution in [3.8, 4) is 0 Å². The Balaban J connectivity index is 4.40. The van der Waals surface area contributed by atoms with Gasteiger partial charge in [0.15, 0.2) is 5.78 Å². The van der Waals surface area contributed by atoms with Gasteiger partial charge in [-0.3, -0.25) is 9.59 Å². The molecular formula is C8H14N2O2. The zero-order chi connectivity index (χ0) is 9.72. The molecule has 0 radical (unpaired) electrons. The molecule has 1 N–H and O–H groups in total. The van der Waals surface area contributed by atoms with Crippen LogP contribution in [0.3, 0.4) is 0 Å². The van der Waals surface area contributed by atoms with Crippen molar-refractivity contribution in [1.82, 2.24) is 10.2 Å². The summed E-state index contributed by atoms with van der Waals surface area (Å²) in [5, 5.41) is 2.44. The maximum Gasteiger partial charge on any atom is 0.220 e. The molecule has 0 aromatic carbocycles. The highest BCUT2D eigenvalue weighted by Gasteiger charge is 2.04. The third kappa shape index (κ3) is 3.75. The average molecular weight is 170 g/mol. The van der Waals surface area contributed by atoms with E-state index in [0.717, 1.165) is 0 Å². The molecule has 0 aliphatic carbocycles. The first-order valence-electron chi connectivity index (χ1n) is 3.60. The highest BCUT2D eigenvalue weighted by atomic mass is 16.1. The average Bonchev–Trinajstić information content (AvgIpc) is 1.84. The van der Waals surface area contributed by atoms with Crippen LogP contribution in [-0.2, 0) is 9.59 Å². The predicted octanol–water partition coefficient (Wildman–Crippen LogP) is 0.115. The van der Waals surface area contributed by atoms with Gasteiger partial charge in [0.25, 0.3) is 0 Å². The molecule has 0 atom stereocenters. The van der Waals surface area contributed by atoms with Crippen molar-refractivity contribution >= 4 is 11.7 Å². The van der Waals surface area contributed by atoms with Crippen LogP contribution in [0.4, 0.5) is 0 Å². The van der Waals surface area contributed by atoms with E-state index in [1.165, 1.54) is 20.0 Å². The van der Waals surface area contributed by atoms with Crippen LogP contribution < -0.4 is 5.32 Å². The smallest absolute Gasteiger partial charge is 0.220 e. The quantitative estimate of drug-likeness (QED) is 0.612. The minimum atomic E-state index is -0.185. The molecule has 12 heavy (non-hydrogen) atoms. The molecule has 0 spiro atoms. The first-order chi connectivity index (χ1) is 5.45. The molecule has 68 valence electrons. The van der Waals surface area contributed by atoms with Gasteiger partial charge >= 0.3 is 0 Å². The third-order valence-electron chi connectivity index (χ3n) is 1.25. The molecule has 0 aromatic heterocycles. The first kappa shape index (κ1) is 10.7. The number of likely N-dealkylation sites (N-methyl/N-ethyl adjacent to an activating group) is 1. The van der Waals surface area contributed by atoms with Gasteiger partial charge in [-0.25, -0.2) is 0 Å². The number of hydrogen-bond acceptors (Lipinski definition) is 3. The molecule has 0 aliphatic rings. The number of allylic oxidation sites excluding steroid dienone is 1. The third-order valence-corrected chi connectivity index (χ3v) is 1.25. The summed E-state index contributed by atoms with van der Waals surface area (Å²) in [7, 11) is 3.49. The Hall–Kier alpha value is -1.32. The van der Waals surface area contributed by atoms with Crippen molar-refractivity contribution in [3.05, 3.63) is 11.9 Å². The summed E-state index contributed by atoms with van der Waals surface area (Å²) in [6.45, 7) is 2.84. The predicted molar refractivity (Wildman–Crippen MR) is 46.3 cm³/mol. The Bertz CT molecular complexity index is 219. The second kappa shape index (κ2) is 4.54. The van der Waals surface area contributed by atoms with Crippen LogP contribution in [0.2, 0.25) is 0 Å². The van der Waals surface area contributed by atoms with E-state index in [0.29, 0.717) is 5.70 Å². The topological polar surface area (TPSA) is 49.4 Å². The van der Waals surface area contributed by atoms with Crippen molar-refractivity contribution in [2.75, 3.05) is 14.1 Å². The van der Waals surface area contributed by atoms with Gasteiger partial charge in [0.2, 0.25) is 5.91 Å². The van der Waals surface area contributed by atoms with Crippen LogP contribution in [0, 0.1) is 0 Å². The van der Waals surface area contributed by atoms with Crippen LogP contribution in [0.1, 0.15) is 13.8 Å². The normalized spacial score (nSPS) is 10.8. The zero-order valence-corrected chi connectivity index (χ0v) is 7.84. The zero-order valence-electron chi connectivity index (χ0n) is 7.84. The number of hydrogen-bond donors (Lipinski definition) is 1. The number of amides is 1. The van der Waals surface area contributed by atoms with E-state index < -0.39 is 0 Å². The summed E-state index contributed by atoms with van der Waals surface area (Å²) in [6, 6.07) is 0. The van der Waals surface area contributed by atoms with Crippen molar-refractivity contribution in [2.45, 2.75) is 13.8 Å². The van der Waals surface area contributed by atoms with E-state index in [1.807, 2.05) is 0 Å². The number of carbonyl (C=O) groups is 2. The maximum absolute atomic E-state index is 10.9. The Morgan fingerprint density at radius 1 is 1.25 bits per heavy atom. The van der Waals surface area contributed by atoms with E-state index in [2.05, 4.69) is 5.32 Å². The van der Waals surface area contributed by atoms with Gasteiger partial charge in [-0.1, -0.05) is 0 Å². The van der Waals surface area contributed by atoms with Crippen molar-refractivity contribution < 1.29 is 9.59 Å². The molecule has 0 rings (SSSR count). The van der Waals surface area contributed by atoms with Gasteiger partial charge in [-0.05, 0) is 0 Å². The Labute approximate surface area is 72.2 Å². The molecule has 0 aliphatic heterocycles. The Morgan fingerprint density at radius 3 is 2.00 bits per heavy atom. The minimum Gasteiger partial charge on any atom is -0.374 e. The van der Waals surface area contributed by atoms with Crippen LogP contribution in [0.15, 0.2) is 11.9 Å².